The molecule has 7 nitrogen and oxygen atoms in total. The van der Waals surface area contributed by atoms with Crippen molar-refractivity contribution in [3.05, 3.63) is 0 Å². The van der Waals surface area contributed by atoms with Crippen LogP contribution in [0.1, 0.15) is 59.8 Å². The molecule has 1 atom stereocenters. The minimum Gasteiger partial charge on any atom is -0.444 e. The number of carbonyl (C=O) groups is 1. The highest BCUT2D eigenvalue weighted by molar-refractivity contribution is 5.79. The Morgan fingerprint density at radius 2 is 1.96 bits per heavy atom. The van der Waals surface area contributed by atoms with Gasteiger partial charge in [0, 0.05) is 46.9 Å². The van der Waals surface area contributed by atoms with Crippen LogP contribution in [0, 0.1) is 5.41 Å². The molecule has 0 aromatic carbocycles. The third kappa shape index (κ3) is 8.37. The van der Waals surface area contributed by atoms with Gasteiger partial charge in [-0.3, -0.25) is 4.99 Å². The number of nitrogens with zero attached hydrogens (tertiary/aromatic N) is 2. The van der Waals surface area contributed by atoms with Crippen molar-refractivity contribution in [1.82, 2.24) is 15.5 Å². The molecule has 1 unspecified atom stereocenters. The molecular weight excluding hydrogens is 344 g/mol. The highest BCUT2D eigenvalue weighted by Crippen LogP contribution is 2.43. The number of hydrogen-bond donors (Lipinski definition) is 2. The van der Waals surface area contributed by atoms with Crippen molar-refractivity contribution in [2.45, 2.75) is 71.4 Å². The summed E-state index contributed by atoms with van der Waals surface area (Å²) in [5.74, 6) is 0.811. The number of methoxy groups -OCH3 is 1. The van der Waals surface area contributed by atoms with Crippen molar-refractivity contribution in [2.75, 3.05) is 40.9 Å². The number of hydrogen-bond acceptors (Lipinski definition) is 4. The Morgan fingerprint density at radius 1 is 1.30 bits per heavy atom. The van der Waals surface area contributed by atoms with E-state index in [1.807, 2.05) is 27.7 Å². The van der Waals surface area contributed by atoms with Gasteiger partial charge < -0.3 is 25.0 Å². The molecule has 1 fully saturated rings. The van der Waals surface area contributed by atoms with Crippen LogP contribution in [0.4, 0.5) is 4.79 Å². The molecule has 0 aliphatic heterocycles. The zero-order chi connectivity index (χ0) is 20.5. The summed E-state index contributed by atoms with van der Waals surface area (Å²) in [7, 11) is 5.33. The van der Waals surface area contributed by atoms with Crippen LogP contribution in [0.25, 0.3) is 0 Å². The third-order valence-electron chi connectivity index (χ3n) is 5.30. The molecule has 0 bridgehead atoms. The Bertz CT molecular complexity index is 484. The van der Waals surface area contributed by atoms with E-state index in [-0.39, 0.29) is 12.1 Å². The number of aliphatic imine (C=N–C) groups is 1. The summed E-state index contributed by atoms with van der Waals surface area (Å²) in [5, 5.41) is 6.80. The topological polar surface area (TPSA) is 75.2 Å². The maximum atomic E-state index is 12.1. The molecule has 1 saturated carbocycles. The summed E-state index contributed by atoms with van der Waals surface area (Å²) in [4.78, 5) is 18.1. The van der Waals surface area contributed by atoms with Gasteiger partial charge in [-0.25, -0.2) is 4.79 Å². The van der Waals surface area contributed by atoms with E-state index >= 15 is 0 Å². The van der Waals surface area contributed by atoms with Gasteiger partial charge in [0.05, 0.1) is 0 Å². The first-order valence-corrected chi connectivity index (χ1v) is 10.0. The van der Waals surface area contributed by atoms with Gasteiger partial charge in [-0.05, 0) is 58.8 Å². The number of rotatable bonds is 9. The van der Waals surface area contributed by atoms with E-state index in [2.05, 4.69) is 15.6 Å². The number of amides is 1. The van der Waals surface area contributed by atoms with E-state index in [0.717, 1.165) is 38.5 Å². The average molecular weight is 385 g/mol. The number of ether oxygens (including phenoxy) is 2. The SMILES string of the molecule is CN=C(NCCC(C)N(C)C(=O)OC(C)(C)C)NCC1(CCOC)CCC1. The second kappa shape index (κ2) is 10.7. The van der Waals surface area contributed by atoms with Crippen LogP contribution in [0.3, 0.4) is 0 Å². The molecule has 0 aromatic rings. The molecule has 0 spiro atoms. The summed E-state index contributed by atoms with van der Waals surface area (Å²) >= 11 is 0. The predicted octanol–water partition coefficient (Wildman–Crippen LogP) is 3.00. The van der Waals surface area contributed by atoms with Crippen LogP contribution in [0.15, 0.2) is 4.99 Å². The number of guanidine groups is 1. The van der Waals surface area contributed by atoms with E-state index in [1.54, 1.807) is 26.1 Å². The van der Waals surface area contributed by atoms with Crippen LogP contribution >= 0.6 is 0 Å². The monoisotopic (exact) mass is 384 g/mol. The summed E-state index contributed by atoms with van der Waals surface area (Å²) in [6.07, 6.45) is 5.40. The van der Waals surface area contributed by atoms with Gasteiger partial charge in [-0.15, -0.1) is 0 Å². The van der Waals surface area contributed by atoms with Crippen LogP contribution < -0.4 is 10.6 Å². The largest absolute Gasteiger partial charge is 0.444 e. The maximum Gasteiger partial charge on any atom is 0.410 e. The molecule has 0 saturated heterocycles. The second-order valence-electron chi connectivity index (χ2n) is 8.68. The van der Waals surface area contributed by atoms with Crippen molar-refractivity contribution >= 4 is 12.1 Å². The predicted molar refractivity (Wildman–Crippen MR) is 110 cm³/mol. The minimum absolute atomic E-state index is 0.0742. The zero-order valence-corrected chi connectivity index (χ0v) is 18.4. The van der Waals surface area contributed by atoms with Gasteiger partial charge >= 0.3 is 6.09 Å². The first kappa shape index (κ1) is 23.5. The van der Waals surface area contributed by atoms with Crippen LogP contribution in [0.5, 0.6) is 0 Å². The van der Waals surface area contributed by atoms with Crippen molar-refractivity contribution in [1.29, 1.82) is 0 Å². The van der Waals surface area contributed by atoms with Crippen molar-refractivity contribution in [3.8, 4) is 0 Å². The van der Waals surface area contributed by atoms with Crippen LogP contribution in [0.2, 0.25) is 0 Å². The molecule has 1 aliphatic carbocycles. The van der Waals surface area contributed by atoms with Crippen molar-refractivity contribution in [3.63, 3.8) is 0 Å². The van der Waals surface area contributed by atoms with Crippen LogP contribution in [-0.4, -0.2) is 69.5 Å². The van der Waals surface area contributed by atoms with E-state index in [9.17, 15) is 4.79 Å². The summed E-state index contributed by atoms with van der Waals surface area (Å²) < 4.78 is 10.7. The molecule has 0 aromatic heterocycles. The van der Waals surface area contributed by atoms with Gasteiger partial charge in [0.25, 0.3) is 0 Å². The lowest BCUT2D eigenvalue weighted by molar-refractivity contribution is 0.0230. The molecule has 0 heterocycles. The first-order chi connectivity index (χ1) is 12.6. The molecular formula is C20H40N4O3. The maximum absolute atomic E-state index is 12.1. The lowest BCUT2D eigenvalue weighted by atomic mass is 9.67. The molecule has 1 amide bonds. The lowest BCUT2D eigenvalue weighted by Crippen LogP contribution is -2.47. The Balaban J connectivity index is 2.35. The Hall–Kier alpha value is -1.50. The fourth-order valence-corrected chi connectivity index (χ4v) is 3.11. The van der Waals surface area contributed by atoms with E-state index < -0.39 is 5.60 Å². The standard InChI is InChI=1S/C20H40N4O3/c1-16(24(6)18(25)27-19(2,3)4)9-13-22-17(21-5)23-15-20(10-8-11-20)12-14-26-7/h16H,8-15H2,1-7H3,(H2,21,22,23). The summed E-state index contributed by atoms with van der Waals surface area (Å²) in [6.45, 7) is 10.1. The fourth-order valence-electron chi connectivity index (χ4n) is 3.11. The second-order valence-corrected chi connectivity index (χ2v) is 8.68. The smallest absolute Gasteiger partial charge is 0.410 e. The molecule has 7 heteroatoms. The van der Waals surface area contributed by atoms with Crippen molar-refractivity contribution < 1.29 is 14.3 Å². The third-order valence-corrected chi connectivity index (χ3v) is 5.30. The van der Waals surface area contributed by atoms with Crippen molar-refractivity contribution in [2.24, 2.45) is 10.4 Å². The average Bonchev–Trinajstić information content (AvgIpc) is 2.56. The highest BCUT2D eigenvalue weighted by atomic mass is 16.6. The lowest BCUT2D eigenvalue weighted by Gasteiger charge is -2.42. The minimum atomic E-state index is -0.477. The van der Waals surface area contributed by atoms with E-state index in [1.165, 1.54) is 19.3 Å². The van der Waals surface area contributed by atoms with E-state index in [4.69, 9.17) is 9.47 Å². The molecule has 0 radical (unpaired) electrons. The highest BCUT2D eigenvalue weighted by Gasteiger charge is 2.36. The van der Waals surface area contributed by atoms with Crippen LogP contribution in [-0.2, 0) is 9.47 Å². The van der Waals surface area contributed by atoms with E-state index in [0.29, 0.717) is 5.41 Å². The Kier molecular flexibility index (Phi) is 9.36. The molecule has 1 aliphatic rings. The first-order valence-electron chi connectivity index (χ1n) is 10.0. The molecule has 158 valence electrons. The number of carbonyl (C=O) groups excluding carboxylic acids is 1. The Labute approximate surface area is 165 Å². The Morgan fingerprint density at radius 3 is 2.44 bits per heavy atom. The summed E-state index contributed by atoms with van der Waals surface area (Å²) in [6, 6.07) is 0.0742. The van der Waals surface area contributed by atoms with Gasteiger partial charge in [0.1, 0.15) is 5.60 Å². The number of nitrogens with one attached hydrogen (secondary N) is 2. The van der Waals surface area contributed by atoms with Gasteiger partial charge in [-0.2, -0.15) is 0 Å². The van der Waals surface area contributed by atoms with Gasteiger partial charge in [0.15, 0.2) is 5.96 Å². The fraction of sp³-hybridized carbons (Fsp3) is 0.900. The quantitative estimate of drug-likeness (QED) is 0.472. The molecule has 2 N–H and O–H groups in total. The molecule has 27 heavy (non-hydrogen) atoms. The molecule has 1 rings (SSSR count). The normalized spacial score (nSPS) is 17.7. The zero-order valence-electron chi connectivity index (χ0n) is 18.4. The van der Waals surface area contributed by atoms with Gasteiger partial charge in [0.2, 0.25) is 0 Å². The summed E-state index contributed by atoms with van der Waals surface area (Å²) in [5.41, 5.74) is -0.132. The van der Waals surface area contributed by atoms with Gasteiger partial charge in [-0.1, -0.05) is 6.42 Å².